The molecule has 0 aromatic rings. The molecule has 4 atom stereocenters. The maximum atomic E-state index is 12.6. The zero-order chi connectivity index (χ0) is 15.3. The van der Waals surface area contributed by atoms with Crippen molar-refractivity contribution in [1.29, 1.82) is 0 Å². The molecule has 0 spiro atoms. The van der Waals surface area contributed by atoms with Gasteiger partial charge in [-0.05, 0) is 56.9 Å². The van der Waals surface area contributed by atoms with Crippen LogP contribution in [0, 0.1) is 11.8 Å². The molecule has 0 amide bonds. The lowest BCUT2D eigenvalue weighted by molar-refractivity contribution is 0.375. The first-order valence-electron chi connectivity index (χ1n) is 8.98. The van der Waals surface area contributed by atoms with Crippen molar-refractivity contribution in [1.82, 2.24) is 5.32 Å². The first-order valence-corrected chi connectivity index (χ1v) is 10.7. The highest BCUT2D eigenvalue weighted by molar-refractivity contribution is 7.92. The van der Waals surface area contributed by atoms with Crippen molar-refractivity contribution >= 4 is 9.84 Å². The van der Waals surface area contributed by atoms with Crippen LogP contribution in [0.25, 0.3) is 0 Å². The maximum absolute atomic E-state index is 12.6. The predicted octanol–water partition coefficient (Wildman–Crippen LogP) is 3.54. The number of hydrogen-bond donors (Lipinski definition) is 1. The van der Waals surface area contributed by atoms with Crippen LogP contribution in [0.15, 0.2) is 0 Å². The van der Waals surface area contributed by atoms with E-state index in [1.165, 1.54) is 25.7 Å². The van der Waals surface area contributed by atoms with E-state index in [0.29, 0.717) is 23.6 Å². The van der Waals surface area contributed by atoms with Crippen molar-refractivity contribution in [2.24, 2.45) is 11.8 Å². The highest BCUT2D eigenvalue weighted by atomic mass is 32.2. The van der Waals surface area contributed by atoms with Crippen LogP contribution in [0.5, 0.6) is 0 Å². The van der Waals surface area contributed by atoms with E-state index in [9.17, 15) is 8.42 Å². The quantitative estimate of drug-likeness (QED) is 0.781. The predicted molar refractivity (Wildman–Crippen MR) is 89.2 cm³/mol. The van der Waals surface area contributed by atoms with Gasteiger partial charge < -0.3 is 5.32 Å². The van der Waals surface area contributed by atoms with Crippen LogP contribution in [0.1, 0.15) is 71.6 Å². The Balaban J connectivity index is 1.83. The van der Waals surface area contributed by atoms with E-state index in [1.54, 1.807) is 0 Å². The van der Waals surface area contributed by atoms with Crippen molar-refractivity contribution in [3.8, 4) is 0 Å². The highest BCUT2D eigenvalue weighted by Gasteiger charge is 2.32. The second-order valence-corrected chi connectivity index (χ2v) is 9.70. The highest BCUT2D eigenvalue weighted by Crippen LogP contribution is 2.32. The van der Waals surface area contributed by atoms with E-state index in [4.69, 9.17) is 0 Å². The number of rotatable bonds is 7. The largest absolute Gasteiger partial charge is 0.314 e. The summed E-state index contributed by atoms with van der Waals surface area (Å²) in [4.78, 5) is 0. The van der Waals surface area contributed by atoms with Gasteiger partial charge in [-0.3, -0.25) is 0 Å². The second kappa shape index (κ2) is 7.96. The van der Waals surface area contributed by atoms with E-state index in [-0.39, 0.29) is 5.25 Å². The van der Waals surface area contributed by atoms with E-state index in [1.807, 2.05) is 0 Å². The second-order valence-electron chi connectivity index (χ2n) is 7.30. The van der Waals surface area contributed by atoms with Crippen molar-refractivity contribution < 1.29 is 8.42 Å². The molecule has 124 valence electrons. The Morgan fingerprint density at radius 3 is 2.57 bits per heavy atom. The summed E-state index contributed by atoms with van der Waals surface area (Å²) in [5.74, 6) is 1.58. The average molecular weight is 316 g/mol. The van der Waals surface area contributed by atoms with Crippen LogP contribution in [0.4, 0.5) is 0 Å². The van der Waals surface area contributed by atoms with Gasteiger partial charge in [-0.1, -0.05) is 33.1 Å². The standard InChI is InChI=1S/C17H33NO2S/c1-3-11-18-17-9-5-7-15(17)10-12-21(19,20)16-8-4-6-14(2)13-16/h14-18H,3-13H2,1-2H3. The SMILES string of the molecule is CCCNC1CCCC1CCS(=O)(=O)C1CCCC(C)C1. The van der Waals surface area contributed by atoms with Crippen LogP contribution < -0.4 is 5.32 Å². The van der Waals surface area contributed by atoms with E-state index in [0.717, 1.165) is 38.6 Å². The minimum absolute atomic E-state index is 0.0512. The molecule has 1 N–H and O–H groups in total. The molecule has 0 bridgehead atoms. The number of hydrogen-bond acceptors (Lipinski definition) is 3. The Hall–Kier alpha value is -0.0900. The summed E-state index contributed by atoms with van der Waals surface area (Å²) in [6, 6.07) is 0.561. The third-order valence-corrected chi connectivity index (χ3v) is 7.73. The Kier molecular flexibility index (Phi) is 6.54. The van der Waals surface area contributed by atoms with E-state index < -0.39 is 9.84 Å². The molecule has 21 heavy (non-hydrogen) atoms. The molecular formula is C17H33NO2S. The lowest BCUT2D eigenvalue weighted by Gasteiger charge is -2.27. The summed E-state index contributed by atoms with van der Waals surface area (Å²) < 4.78 is 25.2. The van der Waals surface area contributed by atoms with Gasteiger partial charge in [0, 0.05) is 6.04 Å². The van der Waals surface area contributed by atoms with Crippen molar-refractivity contribution in [3.05, 3.63) is 0 Å². The molecule has 4 unspecified atom stereocenters. The molecule has 0 heterocycles. The lowest BCUT2D eigenvalue weighted by atomic mass is 9.91. The number of sulfone groups is 1. The molecule has 0 saturated heterocycles. The fourth-order valence-corrected chi connectivity index (χ4v) is 6.28. The lowest BCUT2D eigenvalue weighted by Crippen LogP contribution is -2.35. The van der Waals surface area contributed by atoms with Gasteiger partial charge in [0.25, 0.3) is 0 Å². The Morgan fingerprint density at radius 1 is 1.10 bits per heavy atom. The minimum Gasteiger partial charge on any atom is -0.314 e. The maximum Gasteiger partial charge on any atom is 0.153 e. The molecule has 0 radical (unpaired) electrons. The van der Waals surface area contributed by atoms with Gasteiger partial charge in [0.15, 0.2) is 9.84 Å². The molecule has 0 aliphatic heterocycles. The van der Waals surface area contributed by atoms with Gasteiger partial charge in [0.2, 0.25) is 0 Å². The summed E-state index contributed by atoms with van der Waals surface area (Å²) in [6.07, 6.45) is 9.80. The third kappa shape index (κ3) is 4.95. The van der Waals surface area contributed by atoms with Crippen molar-refractivity contribution in [2.75, 3.05) is 12.3 Å². The normalized spacial score (nSPS) is 34.2. The molecule has 2 saturated carbocycles. The van der Waals surface area contributed by atoms with Gasteiger partial charge in [0.05, 0.1) is 11.0 Å². The Morgan fingerprint density at radius 2 is 1.86 bits per heavy atom. The molecule has 4 heteroatoms. The van der Waals surface area contributed by atoms with Gasteiger partial charge in [-0.15, -0.1) is 0 Å². The summed E-state index contributed by atoms with van der Waals surface area (Å²) in [7, 11) is -2.88. The topological polar surface area (TPSA) is 46.2 Å². The monoisotopic (exact) mass is 315 g/mol. The average Bonchev–Trinajstić information content (AvgIpc) is 2.90. The zero-order valence-electron chi connectivity index (χ0n) is 13.8. The summed E-state index contributed by atoms with van der Waals surface area (Å²) in [5, 5.41) is 3.56. The summed E-state index contributed by atoms with van der Waals surface area (Å²) >= 11 is 0. The van der Waals surface area contributed by atoms with Crippen molar-refractivity contribution in [2.45, 2.75) is 82.9 Å². The van der Waals surface area contributed by atoms with Gasteiger partial charge in [-0.2, -0.15) is 0 Å². The molecule has 2 aliphatic rings. The molecule has 2 aliphatic carbocycles. The number of nitrogens with one attached hydrogen (secondary N) is 1. The van der Waals surface area contributed by atoms with Gasteiger partial charge in [-0.25, -0.2) is 8.42 Å². The first-order chi connectivity index (χ1) is 10.0. The van der Waals surface area contributed by atoms with Crippen LogP contribution >= 0.6 is 0 Å². The summed E-state index contributed by atoms with van der Waals surface area (Å²) in [6.45, 7) is 5.45. The fraction of sp³-hybridized carbons (Fsp3) is 1.00. The smallest absolute Gasteiger partial charge is 0.153 e. The van der Waals surface area contributed by atoms with Crippen LogP contribution in [-0.2, 0) is 9.84 Å². The third-order valence-electron chi connectivity index (χ3n) is 5.48. The van der Waals surface area contributed by atoms with Gasteiger partial charge >= 0.3 is 0 Å². The van der Waals surface area contributed by atoms with E-state index >= 15 is 0 Å². The molecule has 3 nitrogen and oxygen atoms in total. The molecule has 0 aromatic carbocycles. The van der Waals surface area contributed by atoms with Gasteiger partial charge in [0.1, 0.15) is 0 Å². The Labute approximate surface area is 131 Å². The Bertz CT molecular complexity index is 407. The van der Waals surface area contributed by atoms with Crippen LogP contribution in [-0.4, -0.2) is 32.0 Å². The molecule has 0 aromatic heterocycles. The summed E-state index contributed by atoms with van der Waals surface area (Å²) in [5.41, 5.74) is 0. The molecule has 2 fully saturated rings. The molecular weight excluding hydrogens is 282 g/mol. The fourth-order valence-electron chi connectivity index (χ4n) is 4.17. The first kappa shape index (κ1) is 17.3. The minimum atomic E-state index is -2.88. The molecule has 2 rings (SSSR count). The zero-order valence-corrected chi connectivity index (χ0v) is 14.6. The van der Waals surface area contributed by atoms with Crippen molar-refractivity contribution in [3.63, 3.8) is 0 Å². The van der Waals surface area contributed by atoms with E-state index in [2.05, 4.69) is 19.2 Å². The van der Waals surface area contributed by atoms with Crippen LogP contribution in [0.3, 0.4) is 0 Å². The van der Waals surface area contributed by atoms with Crippen LogP contribution in [0.2, 0.25) is 0 Å².